The molecule has 1 aromatic carbocycles. The molecule has 0 radical (unpaired) electrons. The van der Waals surface area contributed by atoms with E-state index in [0.717, 1.165) is 10.4 Å². The molecular formula is C14H10ClNO3S. The molecule has 0 saturated heterocycles. The minimum atomic E-state index is -0.605. The van der Waals surface area contributed by atoms with E-state index < -0.39 is 4.92 Å². The zero-order valence-electron chi connectivity index (χ0n) is 10.5. The van der Waals surface area contributed by atoms with Crippen molar-refractivity contribution in [3.05, 3.63) is 66.9 Å². The summed E-state index contributed by atoms with van der Waals surface area (Å²) >= 11 is 7.23. The van der Waals surface area contributed by atoms with Gasteiger partial charge in [0.15, 0.2) is 5.78 Å². The Morgan fingerprint density at radius 2 is 2.15 bits per heavy atom. The highest BCUT2D eigenvalue weighted by Gasteiger charge is 2.15. The number of aryl methyl sites for hydroxylation is 1. The fourth-order valence-electron chi connectivity index (χ4n) is 1.61. The second-order valence-corrected chi connectivity index (χ2v) is 5.44. The number of hydrogen-bond acceptors (Lipinski definition) is 4. The van der Waals surface area contributed by atoms with Crippen molar-refractivity contribution in [2.75, 3.05) is 0 Å². The van der Waals surface area contributed by atoms with Crippen molar-refractivity contribution in [1.29, 1.82) is 0 Å². The van der Waals surface area contributed by atoms with Gasteiger partial charge in [0.25, 0.3) is 5.69 Å². The van der Waals surface area contributed by atoms with Crippen LogP contribution < -0.4 is 0 Å². The molecule has 0 amide bonds. The number of ketones is 1. The number of benzene rings is 1. The quantitative estimate of drug-likeness (QED) is 0.361. The first-order valence-corrected chi connectivity index (χ1v) is 6.95. The molecule has 1 heterocycles. The van der Waals surface area contributed by atoms with Crippen LogP contribution in [0.4, 0.5) is 5.69 Å². The Bertz CT molecular complexity index is 706. The summed E-state index contributed by atoms with van der Waals surface area (Å²) in [5.41, 5.74) is 1.06. The zero-order chi connectivity index (χ0) is 14.7. The van der Waals surface area contributed by atoms with Gasteiger partial charge in [-0.05, 0) is 48.2 Å². The molecule has 2 aromatic rings. The average molecular weight is 308 g/mol. The maximum absolute atomic E-state index is 12.0. The summed E-state index contributed by atoms with van der Waals surface area (Å²) in [7, 11) is 0. The van der Waals surface area contributed by atoms with Gasteiger partial charge in [-0.15, -0.1) is 11.3 Å². The van der Waals surface area contributed by atoms with E-state index in [4.69, 9.17) is 11.6 Å². The fraction of sp³-hybridized carbons (Fsp3) is 0.0714. The van der Waals surface area contributed by atoms with E-state index in [2.05, 4.69) is 0 Å². The van der Waals surface area contributed by atoms with Gasteiger partial charge in [0.1, 0.15) is 5.02 Å². The average Bonchev–Trinajstić information content (AvgIpc) is 2.81. The number of nitrogens with zero attached hydrogens (tertiary/aromatic N) is 1. The van der Waals surface area contributed by atoms with Crippen molar-refractivity contribution in [3.8, 4) is 0 Å². The SMILES string of the molecule is Cc1ccsc1/C=C/C(=O)c1ccc(Cl)c([N+](=O)[O-])c1. The molecule has 0 aliphatic rings. The number of hydrogen-bond donors (Lipinski definition) is 0. The Hall–Kier alpha value is -1.98. The lowest BCUT2D eigenvalue weighted by molar-refractivity contribution is -0.384. The van der Waals surface area contributed by atoms with Gasteiger partial charge in [0.2, 0.25) is 0 Å². The summed E-state index contributed by atoms with van der Waals surface area (Å²) in [5.74, 6) is -0.294. The van der Waals surface area contributed by atoms with Crippen LogP contribution in [-0.4, -0.2) is 10.7 Å². The lowest BCUT2D eigenvalue weighted by Gasteiger charge is -1.98. The Morgan fingerprint density at radius 3 is 2.75 bits per heavy atom. The number of rotatable bonds is 4. The highest BCUT2D eigenvalue weighted by Crippen LogP contribution is 2.25. The lowest BCUT2D eigenvalue weighted by atomic mass is 10.1. The molecule has 0 spiro atoms. The molecule has 0 fully saturated rings. The van der Waals surface area contributed by atoms with Crippen molar-refractivity contribution in [2.45, 2.75) is 6.92 Å². The largest absolute Gasteiger partial charge is 0.289 e. The first kappa shape index (κ1) is 14.4. The van der Waals surface area contributed by atoms with Gasteiger partial charge in [0, 0.05) is 16.5 Å². The molecule has 102 valence electrons. The van der Waals surface area contributed by atoms with Crippen LogP contribution >= 0.6 is 22.9 Å². The lowest BCUT2D eigenvalue weighted by Crippen LogP contribution is -1.97. The Kier molecular flexibility index (Phi) is 4.32. The highest BCUT2D eigenvalue weighted by molar-refractivity contribution is 7.11. The van der Waals surface area contributed by atoms with E-state index in [9.17, 15) is 14.9 Å². The molecule has 0 bridgehead atoms. The molecule has 2 rings (SSSR count). The predicted octanol–water partition coefficient (Wildman–Crippen LogP) is 4.51. The molecule has 0 N–H and O–H groups in total. The monoisotopic (exact) mass is 307 g/mol. The summed E-state index contributed by atoms with van der Waals surface area (Å²) < 4.78 is 0. The van der Waals surface area contributed by atoms with Gasteiger partial charge in [-0.1, -0.05) is 11.6 Å². The van der Waals surface area contributed by atoms with Crippen LogP contribution in [0.2, 0.25) is 5.02 Å². The standard InChI is InChI=1S/C14H10ClNO3S/c1-9-6-7-20-14(9)5-4-13(17)10-2-3-11(15)12(8-10)16(18)19/h2-8H,1H3/b5-4+. The highest BCUT2D eigenvalue weighted by atomic mass is 35.5. The number of nitro groups is 1. The number of allylic oxidation sites excluding steroid dienone is 1. The maximum atomic E-state index is 12.0. The summed E-state index contributed by atoms with van der Waals surface area (Å²) in [6, 6.07) is 5.98. The second-order valence-electron chi connectivity index (χ2n) is 4.09. The first-order valence-electron chi connectivity index (χ1n) is 5.69. The molecule has 0 atom stereocenters. The number of thiophene rings is 1. The van der Waals surface area contributed by atoms with Gasteiger partial charge in [-0.3, -0.25) is 14.9 Å². The Balaban J connectivity index is 2.26. The number of halogens is 1. The summed E-state index contributed by atoms with van der Waals surface area (Å²) in [6.45, 7) is 1.95. The molecule has 0 saturated carbocycles. The van der Waals surface area contributed by atoms with Gasteiger partial charge < -0.3 is 0 Å². The fourth-order valence-corrected chi connectivity index (χ4v) is 2.61. The maximum Gasteiger partial charge on any atom is 0.288 e. The van der Waals surface area contributed by atoms with Crippen molar-refractivity contribution in [1.82, 2.24) is 0 Å². The summed E-state index contributed by atoms with van der Waals surface area (Å²) in [5, 5.41) is 12.7. The van der Waals surface area contributed by atoms with Gasteiger partial charge in [0.05, 0.1) is 4.92 Å². The van der Waals surface area contributed by atoms with Crippen LogP contribution in [0.1, 0.15) is 20.8 Å². The zero-order valence-corrected chi connectivity index (χ0v) is 12.1. The molecule has 0 unspecified atom stereocenters. The Labute approximate surface area is 124 Å². The molecule has 4 nitrogen and oxygen atoms in total. The molecule has 20 heavy (non-hydrogen) atoms. The molecule has 1 aromatic heterocycles. The molecule has 6 heteroatoms. The predicted molar refractivity (Wildman–Crippen MR) is 80.5 cm³/mol. The van der Waals surface area contributed by atoms with E-state index in [0.29, 0.717) is 0 Å². The van der Waals surface area contributed by atoms with E-state index in [1.54, 1.807) is 6.08 Å². The smallest absolute Gasteiger partial charge is 0.288 e. The number of nitro benzene ring substituents is 1. The van der Waals surface area contributed by atoms with Crippen molar-refractivity contribution < 1.29 is 9.72 Å². The van der Waals surface area contributed by atoms with E-state index in [-0.39, 0.29) is 22.1 Å². The minimum Gasteiger partial charge on any atom is -0.289 e. The van der Waals surface area contributed by atoms with Crippen LogP contribution in [0.3, 0.4) is 0 Å². The van der Waals surface area contributed by atoms with E-state index in [1.807, 2.05) is 18.4 Å². The van der Waals surface area contributed by atoms with Crippen LogP contribution in [0, 0.1) is 17.0 Å². The van der Waals surface area contributed by atoms with Crippen LogP contribution in [-0.2, 0) is 0 Å². The normalized spacial score (nSPS) is 10.9. The van der Waals surface area contributed by atoms with E-state index >= 15 is 0 Å². The first-order chi connectivity index (χ1) is 9.49. The van der Waals surface area contributed by atoms with Crippen molar-refractivity contribution >= 4 is 40.5 Å². The molecule has 0 aliphatic heterocycles. The minimum absolute atomic E-state index is 0.0182. The molecule has 0 aliphatic carbocycles. The van der Waals surface area contributed by atoms with Crippen LogP contribution in [0.15, 0.2) is 35.7 Å². The topological polar surface area (TPSA) is 60.2 Å². The second kappa shape index (κ2) is 5.98. The summed E-state index contributed by atoms with van der Waals surface area (Å²) in [4.78, 5) is 23.2. The molecular weight excluding hydrogens is 298 g/mol. The number of carbonyl (C=O) groups is 1. The summed E-state index contributed by atoms with van der Waals surface area (Å²) in [6.07, 6.45) is 3.12. The third-order valence-electron chi connectivity index (χ3n) is 2.72. The van der Waals surface area contributed by atoms with Crippen molar-refractivity contribution in [3.63, 3.8) is 0 Å². The van der Waals surface area contributed by atoms with Gasteiger partial charge >= 0.3 is 0 Å². The third kappa shape index (κ3) is 3.12. The third-order valence-corrected chi connectivity index (χ3v) is 4.02. The van der Waals surface area contributed by atoms with Crippen LogP contribution in [0.5, 0.6) is 0 Å². The van der Waals surface area contributed by atoms with Crippen LogP contribution in [0.25, 0.3) is 6.08 Å². The Morgan fingerprint density at radius 1 is 1.40 bits per heavy atom. The number of carbonyl (C=O) groups excluding carboxylic acids is 1. The van der Waals surface area contributed by atoms with Gasteiger partial charge in [-0.25, -0.2) is 0 Å². The van der Waals surface area contributed by atoms with Crippen molar-refractivity contribution in [2.24, 2.45) is 0 Å². The van der Waals surface area contributed by atoms with E-state index in [1.165, 1.54) is 35.6 Å². The van der Waals surface area contributed by atoms with Gasteiger partial charge in [-0.2, -0.15) is 0 Å².